The van der Waals surface area contributed by atoms with E-state index in [9.17, 15) is 14.0 Å². The molecule has 6 nitrogen and oxygen atoms in total. The normalized spacial score (nSPS) is 19.5. The monoisotopic (exact) mass is 371 g/mol. The van der Waals surface area contributed by atoms with E-state index in [-0.39, 0.29) is 29.7 Å². The van der Waals surface area contributed by atoms with Crippen LogP contribution in [0.4, 0.5) is 4.39 Å². The van der Waals surface area contributed by atoms with Gasteiger partial charge in [0.1, 0.15) is 11.6 Å². The van der Waals surface area contributed by atoms with E-state index in [1.54, 1.807) is 0 Å². The molecule has 27 heavy (non-hydrogen) atoms. The van der Waals surface area contributed by atoms with Gasteiger partial charge in [-0.15, -0.1) is 0 Å². The summed E-state index contributed by atoms with van der Waals surface area (Å²) in [6.45, 7) is 0. The molecule has 0 spiro atoms. The molecule has 2 aromatic rings. The molecule has 4 rings (SSSR count). The van der Waals surface area contributed by atoms with Crippen LogP contribution in [0.1, 0.15) is 64.3 Å². The number of aromatic nitrogens is 1. The minimum absolute atomic E-state index is 0.118. The predicted octanol–water partition coefficient (Wildman–Crippen LogP) is 2.77. The van der Waals surface area contributed by atoms with Gasteiger partial charge in [0.15, 0.2) is 5.69 Å². The van der Waals surface area contributed by atoms with Crippen molar-refractivity contribution in [3.63, 3.8) is 0 Å². The van der Waals surface area contributed by atoms with E-state index < -0.39 is 0 Å². The van der Waals surface area contributed by atoms with Gasteiger partial charge < -0.3 is 15.2 Å². The Bertz CT molecular complexity index is 841. The smallest absolute Gasteiger partial charge is 0.273 e. The molecule has 1 atom stereocenters. The van der Waals surface area contributed by atoms with Crippen molar-refractivity contribution in [1.82, 2.24) is 15.8 Å². The second-order valence-electron chi connectivity index (χ2n) is 7.31. The third-order valence-electron chi connectivity index (χ3n) is 5.39. The van der Waals surface area contributed by atoms with E-state index in [1.807, 2.05) is 0 Å². The third kappa shape index (κ3) is 3.86. The highest BCUT2D eigenvalue weighted by Gasteiger charge is 2.30. The molecular weight excluding hydrogens is 349 g/mol. The van der Waals surface area contributed by atoms with Crippen LogP contribution in [0, 0.1) is 5.82 Å². The minimum atomic E-state index is -0.378. The van der Waals surface area contributed by atoms with Gasteiger partial charge in [0.25, 0.3) is 11.8 Å². The second kappa shape index (κ2) is 7.50. The quantitative estimate of drug-likeness (QED) is 0.866. The second-order valence-corrected chi connectivity index (χ2v) is 7.31. The Morgan fingerprint density at radius 2 is 1.70 bits per heavy atom. The molecule has 2 N–H and O–H groups in total. The fourth-order valence-electron chi connectivity index (χ4n) is 3.90. The molecule has 2 aliphatic carbocycles. The number of carbonyl (C=O) groups is 2. The van der Waals surface area contributed by atoms with Crippen molar-refractivity contribution in [3.05, 3.63) is 52.7 Å². The lowest BCUT2D eigenvalue weighted by atomic mass is 9.91. The van der Waals surface area contributed by atoms with Crippen LogP contribution in [0.2, 0.25) is 0 Å². The van der Waals surface area contributed by atoms with Crippen LogP contribution in [0.5, 0.6) is 0 Å². The summed E-state index contributed by atoms with van der Waals surface area (Å²) in [7, 11) is 0. The number of hydrogen-bond acceptors (Lipinski definition) is 4. The van der Waals surface area contributed by atoms with Crippen LogP contribution in [0.3, 0.4) is 0 Å². The Morgan fingerprint density at radius 1 is 1.00 bits per heavy atom. The number of hydrogen-bond donors (Lipinski definition) is 2. The lowest BCUT2D eigenvalue weighted by molar-refractivity contribution is 0.0925. The summed E-state index contributed by atoms with van der Waals surface area (Å²) in [5.74, 6) is -0.107. The van der Waals surface area contributed by atoms with Crippen molar-refractivity contribution < 1.29 is 18.5 Å². The molecule has 1 aromatic carbocycles. The van der Waals surface area contributed by atoms with Crippen LogP contribution in [0.25, 0.3) is 0 Å². The van der Waals surface area contributed by atoms with E-state index in [4.69, 9.17) is 4.52 Å². The maximum absolute atomic E-state index is 13.0. The van der Waals surface area contributed by atoms with Gasteiger partial charge in [-0.25, -0.2) is 4.39 Å². The third-order valence-corrected chi connectivity index (χ3v) is 5.39. The van der Waals surface area contributed by atoms with Gasteiger partial charge in [0, 0.05) is 29.6 Å². The van der Waals surface area contributed by atoms with Crippen LogP contribution in [0.15, 0.2) is 28.8 Å². The molecule has 1 heterocycles. The Morgan fingerprint density at radius 3 is 2.44 bits per heavy atom. The molecule has 0 bridgehead atoms. The number of nitrogens with one attached hydrogen (secondary N) is 2. The van der Waals surface area contributed by atoms with Crippen molar-refractivity contribution in [3.8, 4) is 0 Å². The summed E-state index contributed by atoms with van der Waals surface area (Å²) in [5.41, 5.74) is 1.52. The van der Waals surface area contributed by atoms with Crippen molar-refractivity contribution in [1.29, 1.82) is 0 Å². The van der Waals surface area contributed by atoms with Gasteiger partial charge in [-0.05, 0) is 49.9 Å². The van der Waals surface area contributed by atoms with Gasteiger partial charge in [0.2, 0.25) is 0 Å². The Kier molecular flexibility index (Phi) is 4.92. The van der Waals surface area contributed by atoms with E-state index in [1.165, 1.54) is 24.3 Å². The first kappa shape index (κ1) is 17.7. The first-order chi connectivity index (χ1) is 13.1. The molecule has 2 amide bonds. The summed E-state index contributed by atoms with van der Waals surface area (Å²) in [6.07, 6.45) is 6.11. The topological polar surface area (TPSA) is 84.2 Å². The Hall–Kier alpha value is -2.70. The lowest BCUT2D eigenvalue weighted by Crippen LogP contribution is -2.39. The summed E-state index contributed by atoms with van der Waals surface area (Å²) in [4.78, 5) is 24.9. The standard InChI is InChI=1S/C20H22FN3O3/c21-13-7-5-12(6-8-13)19(25)23-15-9-10-17-16(11-15)18(24-27-17)20(26)22-14-3-1-2-4-14/h5-8,14-15H,1-4,9-11H2,(H,22,26)(H,23,25). The lowest BCUT2D eigenvalue weighted by Gasteiger charge is -2.22. The number of nitrogens with zero attached hydrogens (tertiary/aromatic N) is 1. The van der Waals surface area contributed by atoms with E-state index in [2.05, 4.69) is 15.8 Å². The number of aryl methyl sites for hydroxylation is 1. The molecule has 1 unspecified atom stereocenters. The number of fused-ring (bicyclic) bond motifs is 1. The average Bonchev–Trinajstić information content (AvgIpc) is 3.31. The molecule has 1 saturated carbocycles. The van der Waals surface area contributed by atoms with Crippen LogP contribution < -0.4 is 10.6 Å². The number of halogens is 1. The zero-order valence-electron chi connectivity index (χ0n) is 15.0. The maximum Gasteiger partial charge on any atom is 0.273 e. The summed E-state index contributed by atoms with van der Waals surface area (Å²) >= 11 is 0. The fourth-order valence-corrected chi connectivity index (χ4v) is 3.90. The van der Waals surface area contributed by atoms with Gasteiger partial charge in [0.05, 0.1) is 0 Å². The molecule has 0 saturated heterocycles. The molecule has 1 fully saturated rings. The van der Waals surface area contributed by atoms with Crippen molar-refractivity contribution in [2.45, 2.75) is 57.0 Å². The average molecular weight is 371 g/mol. The predicted molar refractivity (Wildman–Crippen MR) is 95.9 cm³/mol. The van der Waals surface area contributed by atoms with Gasteiger partial charge in [-0.3, -0.25) is 9.59 Å². The zero-order chi connectivity index (χ0) is 18.8. The van der Waals surface area contributed by atoms with Crippen LogP contribution in [-0.2, 0) is 12.8 Å². The van der Waals surface area contributed by atoms with Crippen molar-refractivity contribution >= 4 is 11.8 Å². The fraction of sp³-hybridized carbons (Fsp3) is 0.450. The van der Waals surface area contributed by atoms with Gasteiger partial charge in [-0.1, -0.05) is 18.0 Å². The maximum atomic E-state index is 13.0. The van der Waals surface area contributed by atoms with E-state index >= 15 is 0 Å². The van der Waals surface area contributed by atoms with Gasteiger partial charge in [-0.2, -0.15) is 0 Å². The molecule has 2 aliphatic rings. The zero-order valence-corrected chi connectivity index (χ0v) is 15.0. The molecule has 1 aromatic heterocycles. The largest absolute Gasteiger partial charge is 0.360 e. The minimum Gasteiger partial charge on any atom is -0.360 e. The van der Waals surface area contributed by atoms with Crippen LogP contribution >= 0.6 is 0 Å². The number of rotatable bonds is 4. The highest BCUT2D eigenvalue weighted by Crippen LogP contribution is 2.26. The molecule has 0 aliphatic heterocycles. The summed E-state index contributed by atoms with van der Waals surface area (Å²) < 4.78 is 18.4. The highest BCUT2D eigenvalue weighted by atomic mass is 19.1. The Balaban J connectivity index is 1.42. The van der Waals surface area contributed by atoms with Crippen molar-refractivity contribution in [2.24, 2.45) is 0 Å². The molecule has 7 heteroatoms. The summed E-state index contributed by atoms with van der Waals surface area (Å²) in [5, 5.41) is 9.98. The first-order valence-electron chi connectivity index (χ1n) is 9.45. The first-order valence-corrected chi connectivity index (χ1v) is 9.45. The Labute approximate surface area is 156 Å². The summed E-state index contributed by atoms with van der Waals surface area (Å²) in [6, 6.07) is 5.53. The molecule has 142 valence electrons. The highest BCUT2D eigenvalue weighted by molar-refractivity contribution is 5.95. The number of carbonyl (C=O) groups excluding carboxylic acids is 2. The molecule has 0 radical (unpaired) electrons. The van der Waals surface area contributed by atoms with Crippen molar-refractivity contribution in [2.75, 3.05) is 0 Å². The van der Waals surface area contributed by atoms with Crippen LogP contribution in [-0.4, -0.2) is 29.1 Å². The number of benzene rings is 1. The van der Waals surface area contributed by atoms with E-state index in [0.717, 1.165) is 37.0 Å². The van der Waals surface area contributed by atoms with E-state index in [0.29, 0.717) is 30.5 Å². The number of amides is 2. The molecular formula is C20H22FN3O3. The SMILES string of the molecule is O=C(NC1CCc2onc(C(=O)NC3CCCC3)c2C1)c1ccc(F)cc1. The van der Waals surface area contributed by atoms with Gasteiger partial charge >= 0.3 is 0 Å².